The normalized spacial score (nSPS) is 24.3. The van der Waals surface area contributed by atoms with Crippen molar-refractivity contribution in [2.45, 2.75) is 44.4 Å². The van der Waals surface area contributed by atoms with Gasteiger partial charge in [-0.05, 0) is 30.7 Å². The Morgan fingerprint density at radius 3 is 2.61 bits per heavy atom. The van der Waals surface area contributed by atoms with Gasteiger partial charge in [0.2, 0.25) is 10.0 Å². The van der Waals surface area contributed by atoms with Crippen molar-refractivity contribution in [1.82, 2.24) is 4.31 Å². The van der Waals surface area contributed by atoms with Gasteiger partial charge in [-0.3, -0.25) is 10.1 Å². The van der Waals surface area contributed by atoms with Gasteiger partial charge >= 0.3 is 0 Å². The third-order valence-electron chi connectivity index (χ3n) is 5.72. The molecule has 0 amide bonds. The first-order chi connectivity index (χ1) is 13.3. The topological polar surface area (TPSA) is 93.0 Å². The van der Waals surface area contributed by atoms with Crippen LogP contribution in [0.4, 0.5) is 11.4 Å². The molecule has 0 N–H and O–H groups in total. The average Bonchev–Trinajstić information content (AvgIpc) is 2.68. The third-order valence-corrected chi connectivity index (χ3v) is 7.65. The Bertz CT molecular complexity index is 819. The number of non-ortho nitro benzene ring substituents is 1. The van der Waals surface area contributed by atoms with E-state index >= 15 is 0 Å². The largest absolute Gasteiger partial charge is 0.379 e. The number of sulfonamides is 1. The van der Waals surface area contributed by atoms with Crippen LogP contribution in [0.5, 0.6) is 0 Å². The molecule has 1 aromatic carbocycles. The van der Waals surface area contributed by atoms with E-state index < -0.39 is 14.9 Å². The van der Waals surface area contributed by atoms with Crippen LogP contribution in [0.3, 0.4) is 0 Å². The highest BCUT2D eigenvalue weighted by Crippen LogP contribution is 2.39. The zero-order valence-electron chi connectivity index (χ0n) is 16.6. The molecule has 8 nitrogen and oxygen atoms in total. The number of morpholine rings is 1. The van der Waals surface area contributed by atoms with Gasteiger partial charge in [-0.25, -0.2) is 8.42 Å². The van der Waals surface area contributed by atoms with Gasteiger partial charge in [-0.2, -0.15) is 4.31 Å². The van der Waals surface area contributed by atoms with Gasteiger partial charge in [0.25, 0.3) is 5.69 Å². The maximum Gasteiger partial charge on any atom is 0.270 e. The fraction of sp³-hybridized carbons (Fsp3) is 0.684. The molecular formula is C19H29N3O5S. The lowest BCUT2D eigenvalue weighted by Crippen LogP contribution is -2.44. The molecule has 2 heterocycles. The number of ether oxygens (including phenoxy) is 1. The summed E-state index contributed by atoms with van der Waals surface area (Å²) in [4.78, 5) is 12.9. The highest BCUT2D eigenvalue weighted by molar-refractivity contribution is 7.89. The quantitative estimate of drug-likeness (QED) is 0.528. The van der Waals surface area contributed by atoms with Crippen molar-refractivity contribution in [3.8, 4) is 0 Å². The van der Waals surface area contributed by atoms with Crippen molar-refractivity contribution >= 4 is 21.4 Å². The minimum absolute atomic E-state index is 0.0318. The molecule has 0 bridgehead atoms. The maximum atomic E-state index is 13.3. The van der Waals surface area contributed by atoms with E-state index in [1.165, 1.54) is 16.4 Å². The van der Waals surface area contributed by atoms with Gasteiger partial charge in [0.1, 0.15) is 4.90 Å². The minimum Gasteiger partial charge on any atom is -0.379 e. The lowest BCUT2D eigenvalue weighted by molar-refractivity contribution is -0.385. The van der Waals surface area contributed by atoms with E-state index in [4.69, 9.17) is 4.74 Å². The molecule has 1 unspecified atom stereocenters. The molecule has 28 heavy (non-hydrogen) atoms. The zero-order chi connectivity index (χ0) is 20.4. The third kappa shape index (κ3) is 4.31. The van der Waals surface area contributed by atoms with Crippen LogP contribution in [0.25, 0.3) is 0 Å². The molecule has 9 heteroatoms. The SMILES string of the molecule is CCCC1(C)CCCN(c2ccc([N+](=O)[O-])cc2S(=O)(=O)N2CCOCC2)C1. The number of hydrogen-bond donors (Lipinski definition) is 0. The summed E-state index contributed by atoms with van der Waals surface area (Å²) in [6.07, 6.45) is 4.23. The van der Waals surface area contributed by atoms with Crippen molar-refractivity contribution in [1.29, 1.82) is 0 Å². The molecule has 0 spiro atoms. The number of nitro groups is 1. The number of rotatable bonds is 6. The molecule has 0 aliphatic carbocycles. The summed E-state index contributed by atoms with van der Waals surface area (Å²) in [5.74, 6) is 0. The molecule has 156 valence electrons. The van der Waals surface area contributed by atoms with Crippen LogP contribution in [0.2, 0.25) is 0 Å². The zero-order valence-corrected chi connectivity index (χ0v) is 17.4. The van der Waals surface area contributed by atoms with E-state index in [9.17, 15) is 18.5 Å². The van der Waals surface area contributed by atoms with Crippen molar-refractivity contribution in [2.75, 3.05) is 44.3 Å². The van der Waals surface area contributed by atoms with E-state index in [-0.39, 0.29) is 29.1 Å². The number of benzene rings is 1. The average molecular weight is 412 g/mol. The molecule has 1 aromatic rings. The number of nitrogens with zero attached hydrogens (tertiary/aromatic N) is 3. The van der Waals surface area contributed by atoms with Crippen molar-refractivity contribution < 1.29 is 18.1 Å². The Balaban J connectivity index is 2.02. The van der Waals surface area contributed by atoms with E-state index in [0.29, 0.717) is 18.9 Å². The van der Waals surface area contributed by atoms with Crippen LogP contribution in [0.1, 0.15) is 39.5 Å². The molecule has 0 aromatic heterocycles. The van der Waals surface area contributed by atoms with Crippen molar-refractivity contribution in [3.63, 3.8) is 0 Å². The molecule has 0 saturated carbocycles. The molecule has 2 aliphatic heterocycles. The Morgan fingerprint density at radius 1 is 1.25 bits per heavy atom. The van der Waals surface area contributed by atoms with Crippen LogP contribution >= 0.6 is 0 Å². The molecule has 2 saturated heterocycles. The summed E-state index contributed by atoms with van der Waals surface area (Å²) in [5, 5.41) is 11.3. The standard InChI is InChI=1S/C19H29N3O5S/c1-3-7-19(2)8-4-9-20(15-19)17-6-5-16(22(23)24)14-18(17)28(25,26)21-10-12-27-13-11-21/h5-6,14H,3-4,7-13,15H2,1-2H3. The molecule has 1 atom stereocenters. The van der Waals surface area contributed by atoms with Gasteiger partial charge in [0.05, 0.1) is 23.8 Å². The van der Waals surface area contributed by atoms with E-state index in [1.54, 1.807) is 6.07 Å². The summed E-state index contributed by atoms with van der Waals surface area (Å²) in [6, 6.07) is 4.22. The monoisotopic (exact) mass is 411 g/mol. The van der Waals surface area contributed by atoms with E-state index in [1.807, 2.05) is 0 Å². The highest BCUT2D eigenvalue weighted by Gasteiger charge is 2.35. The summed E-state index contributed by atoms with van der Waals surface area (Å²) >= 11 is 0. The van der Waals surface area contributed by atoms with Crippen LogP contribution in [0.15, 0.2) is 23.1 Å². The first kappa shape index (κ1) is 21.0. The Morgan fingerprint density at radius 2 is 1.96 bits per heavy atom. The van der Waals surface area contributed by atoms with Gasteiger partial charge in [0.15, 0.2) is 0 Å². The summed E-state index contributed by atoms with van der Waals surface area (Å²) < 4.78 is 33.3. The van der Waals surface area contributed by atoms with Crippen LogP contribution < -0.4 is 4.90 Å². The Hall–Kier alpha value is -1.71. The van der Waals surface area contributed by atoms with Crippen LogP contribution in [-0.2, 0) is 14.8 Å². The predicted molar refractivity (Wildman–Crippen MR) is 107 cm³/mol. The number of nitro benzene ring substituents is 1. The fourth-order valence-electron chi connectivity index (χ4n) is 4.34. The van der Waals surface area contributed by atoms with E-state index in [2.05, 4.69) is 18.7 Å². The smallest absolute Gasteiger partial charge is 0.270 e. The van der Waals surface area contributed by atoms with Gasteiger partial charge < -0.3 is 9.64 Å². The first-order valence-corrected chi connectivity index (χ1v) is 11.3. The molecule has 2 aliphatic rings. The second-order valence-corrected chi connectivity index (χ2v) is 9.92. The number of anilines is 1. The second-order valence-electron chi connectivity index (χ2n) is 8.01. The summed E-state index contributed by atoms with van der Waals surface area (Å²) in [5.41, 5.74) is 0.484. The molecular weight excluding hydrogens is 382 g/mol. The van der Waals surface area contributed by atoms with Crippen LogP contribution in [-0.4, -0.2) is 57.0 Å². The highest BCUT2D eigenvalue weighted by atomic mass is 32.2. The second kappa shape index (κ2) is 8.34. The van der Waals surface area contributed by atoms with Gasteiger partial charge in [-0.1, -0.05) is 20.3 Å². The predicted octanol–water partition coefficient (Wildman–Crippen LogP) is 3.02. The Kier molecular flexibility index (Phi) is 6.26. The van der Waals surface area contributed by atoms with Crippen molar-refractivity contribution in [2.24, 2.45) is 5.41 Å². The maximum absolute atomic E-state index is 13.3. The van der Waals surface area contributed by atoms with Crippen LogP contribution in [0, 0.1) is 15.5 Å². The fourth-order valence-corrected chi connectivity index (χ4v) is 5.98. The lowest BCUT2D eigenvalue weighted by Gasteiger charge is -2.42. The minimum atomic E-state index is -3.84. The van der Waals surface area contributed by atoms with E-state index in [0.717, 1.165) is 38.8 Å². The number of piperidine rings is 1. The number of hydrogen-bond acceptors (Lipinski definition) is 6. The summed E-state index contributed by atoms with van der Waals surface area (Å²) in [7, 11) is -3.84. The van der Waals surface area contributed by atoms with Gasteiger partial charge in [-0.15, -0.1) is 0 Å². The molecule has 0 radical (unpaired) electrons. The lowest BCUT2D eigenvalue weighted by atomic mass is 9.78. The molecule has 2 fully saturated rings. The van der Waals surface area contributed by atoms with Gasteiger partial charge in [0, 0.05) is 38.3 Å². The van der Waals surface area contributed by atoms with Crippen molar-refractivity contribution in [3.05, 3.63) is 28.3 Å². The first-order valence-electron chi connectivity index (χ1n) is 9.88. The molecule has 3 rings (SSSR count). The Labute approximate surface area is 166 Å². The summed E-state index contributed by atoms with van der Waals surface area (Å²) in [6.45, 7) is 7.10.